The lowest BCUT2D eigenvalue weighted by atomic mass is 10.1. The lowest BCUT2D eigenvalue weighted by molar-refractivity contribution is -0.384. The Morgan fingerprint density at radius 2 is 1.72 bits per heavy atom. The monoisotopic (exact) mass is 334 g/mol. The van der Waals surface area contributed by atoms with Gasteiger partial charge in [-0.15, -0.1) is 0 Å². The summed E-state index contributed by atoms with van der Waals surface area (Å²) >= 11 is 0. The van der Waals surface area contributed by atoms with Gasteiger partial charge in [0.25, 0.3) is 5.69 Å². The summed E-state index contributed by atoms with van der Waals surface area (Å²) in [5.41, 5.74) is 3.64. The SMILES string of the molecule is O=C(N/N=C\c1ccc([N+](=O)[O-])cc1)Nc1ccc2ccccc2c1. The predicted octanol–water partition coefficient (Wildman–Crippen LogP) is 3.90. The van der Waals surface area contributed by atoms with Crippen LogP contribution in [-0.4, -0.2) is 17.2 Å². The van der Waals surface area contributed by atoms with Crippen molar-refractivity contribution >= 4 is 34.4 Å². The van der Waals surface area contributed by atoms with Crippen LogP contribution < -0.4 is 10.7 Å². The van der Waals surface area contributed by atoms with E-state index in [0.29, 0.717) is 11.3 Å². The molecule has 0 fully saturated rings. The highest BCUT2D eigenvalue weighted by molar-refractivity contribution is 5.94. The van der Waals surface area contributed by atoms with Gasteiger partial charge in [-0.1, -0.05) is 30.3 Å². The molecule has 0 bridgehead atoms. The van der Waals surface area contributed by atoms with Gasteiger partial charge < -0.3 is 5.32 Å². The minimum absolute atomic E-state index is 0.000781. The van der Waals surface area contributed by atoms with Gasteiger partial charge in [-0.2, -0.15) is 5.10 Å². The van der Waals surface area contributed by atoms with E-state index in [-0.39, 0.29) is 5.69 Å². The van der Waals surface area contributed by atoms with Gasteiger partial charge in [-0.25, -0.2) is 10.2 Å². The summed E-state index contributed by atoms with van der Waals surface area (Å²) < 4.78 is 0. The molecule has 0 radical (unpaired) electrons. The van der Waals surface area contributed by atoms with Crippen LogP contribution in [0.4, 0.5) is 16.2 Å². The third-order valence-corrected chi connectivity index (χ3v) is 3.49. The zero-order valence-electron chi connectivity index (χ0n) is 13.0. The summed E-state index contributed by atoms with van der Waals surface area (Å²) in [5, 5.41) is 19.2. The van der Waals surface area contributed by atoms with Crippen LogP contribution in [0.25, 0.3) is 10.8 Å². The molecule has 0 unspecified atom stereocenters. The molecule has 0 aliphatic heterocycles. The standard InChI is InChI=1S/C18H14N4O3/c23-18(20-16-8-7-14-3-1-2-4-15(14)11-16)21-19-12-13-5-9-17(10-6-13)22(24)25/h1-12H,(H2,20,21,23)/b19-12-. The predicted molar refractivity (Wildman–Crippen MR) is 96.8 cm³/mol. The molecule has 25 heavy (non-hydrogen) atoms. The number of nitrogens with one attached hydrogen (secondary N) is 2. The highest BCUT2D eigenvalue weighted by atomic mass is 16.6. The highest BCUT2D eigenvalue weighted by Gasteiger charge is 2.03. The molecular formula is C18H14N4O3. The molecule has 3 aromatic carbocycles. The van der Waals surface area contributed by atoms with Crippen molar-refractivity contribution in [2.24, 2.45) is 5.10 Å². The van der Waals surface area contributed by atoms with Gasteiger partial charge in [-0.3, -0.25) is 10.1 Å². The summed E-state index contributed by atoms with van der Waals surface area (Å²) in [5.74, 6) is 0. The van der Waals surface area contributed by atoms with Gasteiger partial charge in [0.1, 0.15) is 0 Å². The number of amides is 2. The third-order valence-electron chi connectivity index (χ3n) is 3.49. The summed E-state index contributed by atoms with van der Waals surface area (Å²) in [4.78, 5) is 22.0. The molecule has 3 aromatic rings. The quantitative estimate of drug-likeness (QED) is 0.430. The first-order chi connectivity index (χ1) is 12.1. The van der Waals surface area contributed by atoms with Gasteiger partial charge >= 0.3 is 6.03 Å². The molecule has 2 N–H and O–H groups in total. The molecular weight excluding hydrogens is 320 g/mol. The van der Waals surface area contributed by atoms with Crippen molar-refractivity contribution in [3.8, 4) is 0 Å². The fraction of sp³-hybridized carbons (Fsp3) is 0. The van der Waals surface area contributed by atoms with Crippen LogP contribution >= 0.6 is 0 Å². The van der Waals surface area contributed by atoms with Gasteiger partial charge in [0, 0.05) is 17.8 Å². The van der Waals surface area contributed by atoms with E-state index < -0.39 is 11.0 Å². The summed E-state index contributed by atoms with van der Waals surface area (Å²) in [6.45, 7) is 0. The number of urea groups is 1. The Kier molecular flexibility index (Phi) is 4.66. The van der Waals surface area contributed by atoms with E-state index in [2.05, 4.69) is 15.8 Å². The van der Waals surface area contributed by atoms with E-state index >= 15 is 0 Å². The Balaban J connectivity index is 1.59. The molecule has 124 valence electrons. The maximum absolute atomic E-state index is 11.9. The highest BCUT2D eigenvalue weighted by Crippen LogP contribution is 2.18. The Morgan fingerprint density at radius 1 is 1.00 bits per heavy atom. The van der Waals surface area contributed by atoms with Gasteiger partial charge in [-0.05, 0) is 40.6 Å². The molecule has 0 atom stereocenters. The maximum atomic E-state index is 11.9. The van der Waals surface area contributed by atoms with Crippen LogP contribution in [-0.2, 0) is 0 Å². The number of anilines is 1. The maximum Gasteiger partial charge on any atom is 0.339 e. The first kappa shape index (κ1) is 16.1. The number of non-ortho nitro benzene ring substituents is 1. The number of hydrogen-bond donors (Lipinski definition) is 2. The Labute approximate surface area is 143 Å². The summed E-state index contributed by atoms with van der Waals surface area (Å²) in [6, 6.07) is 18.8. The summed E-state index contributed by atoms with van der Waals surface area (Å²) in [6.07, 6.45) is 1.41. The minimum atomic E-state index is -0.478. The number of hydrazone groups is 1. The molecule has 0 heterocycles. The van der Waals surface area contributed by atoms with Crippen molar-refractivity contribution in [1.29, 1.82) is 0 Å². The molecule has 2 amide bonds. The van der Waals surface area contributed by atoms with E-state index in [0.717, 1.165) is 10.8 Å². The number of carbonyl (C=O) groups is 1. The van der Waals surface area contributed by atoms with Crippen LogP contribution in [0.2, 0.25) is 0 Å². The largest absolute Gasteiger partial charge is 0.339 e. The number of fused-ring (bicyclic) bond motifs is 1. The topological polar surface area (TPSA) is 96.6 Å². The lowest BCUT2D eigenvalue weighted by Crippen LogP contribution is -2.24. The number of nitrogens with zero attached hydrogens (tertiary/aromatic N) is 2. The number of nitro groups is 1. The molecule has 0 saturated heterocycles. The fourth-order valence-corrected chi connectivity index (χ4v) is 2.27. The molecule has 7 heteroatoms. The second-order valence-corrected chi connectivity index (χ2v) is 5.23. The average molecular weight is 334 g/mol. The fourth-order valence-electron chi connectivity index (χ4n) is 2.27. The first-order valence-corrected chi connectivity index (χ1v) is 7.45. The molecule has 0 aromatic heterocycles. The van der Waals surface area contributed by atoms with Crippen molar-refractivity contribution in [2.45, 2.75) is 0 Å². The van der Waals surface area contributed by atoms with Crippen molar-refractivity contribution in [3.05, 3.63) is 82.4 Å². The van der Waals surface area contributed by atoms with Crippen LogP contribution in [0.5, 0.6) is 0 Å². The van der Waals surface area contributed by atoms with E-state index in [1.807, 2.05) is 42.5 Å². The normalized spacial score (nSPS) is 10.7. The zero-order chi connectivity index (χ0) is 17.6. The van der Waals surface area contributed by atoms with Crippen LogP contribution in [0, 0.1) is 10.1 Å². The Morgan fingerprint density at radius 3 is 2.44 bits per heavy atom. The van der Waals surface area contributed by atoms with E-state index in [9.17, 15) is 14.9 Å². The van der Waals surface area contributed by atoms with Gasteiger partial charge in [0.05, 0.1) is 11.1 Å². The Bertz CT molecular complexity index is 952. The van der Waals surface area contributed by atoms with Crippen molar-refractivity contribution in [3.63, 3.8) is 0 Å². The van der Waals surface area contributed by atoms with Gasteiger partial charge in [0.15, 0.2) is 0 Å². The second-order valence-electron chi connectivity index (χ2n) is 5.23. The molecule has 0 aliphatic carbocycles. The molecule has 7 nitrogen and oxygen atoms in total. The smallest absolute Gasteiger partial charge is 0.307 e. The number of nitro benzene ring substituents is 1. The Hall–Kier alpha value is -3.74. The number of rotatable bonds is 4. The molecule has 0 spiro atoms. The van der Waals surface area contributed by atoms with E-state index in [1.165, 1.54) is 18.3 Å². The molecule has 0 aliphatic rings. The van der Waals surface area contributed by atoms with Crippen molar-refractivity contribution in [1.82, 2.24) is 5.43 Å². The minimum Gasteiger partial charge on any atom is -0.307 e. The number of hydrogen-bond acceptors (Lipinski definition) is 4. The molecule has 0 saturated carbocycles. The summed E-state index contributed by atoms with van der Waals surface area (Å²) in [7, 11) is 0. The van der Waals surface area contributed by atoms with E-state index in [4.69, 9.17) is 0 Å². The number of benzene rings is 3. The average Bonchev–Trinajstić information content (AvgIpc) is 2.62. The van der Waals surface area contributed by atoms with Crippen LogP contribution in [0.3, 0.4) is 0 Å². The number of carbonyl (C=O) groups excluding carboxylic acids is 1. The van der Waals surface area contributed by atoms with Gasteiger partial charge in [0.2, 0.25) is 0 Å². The van der Waals surface area contributed by atoms with Crippen molar-refractivity contribution < 1.29 is 9.72 Å². The molecule has 3 rings (SSSR count). The first-order valence-electron chi connectivity index (χ1n) is 7.45. The zero-order valence-corrected chi connectivity index (χ0v) is 13.0. The second kappa shape index (κ2) is 7.22. The van der Waals surface area contributed by atoms with Crippen molar-refractivity contribution in [2.75, 3.05) is 5.32 Å². The van der Waals surface area contributed by atoms with Crippen LogP contribution in [0.1, 0.15) is 5.56 Å². The third kappa shape index (κ3) is 4.17. The van der Waals surface area contributed by atoms with E-state index in [1.54, 1.807) is 12.1 Å². The van der Waals surface area contributed by atoms with Crippen LogP contribution in [0.15, 0.2) is 71.8 Å². The lowest BCUT2D eigenvalue weighted by Gasteiger charge is -2.05.